The summed E-state index contributed by atoms with van der Waals surface area (Å²) in [5.74, 6) is 1.38. The van der Waals surface area contributed by atoms with Gasteiger partial charge >= 0.3 is 0 Å². The van der Waals surface area contributed by atoms with E-state index in [0.717, 1.165) is 0 Å². The first-order valence-corrected chi connectivity index (χ1v) is 5.22. The van der Waals surface area contributed by atoms with Crippen LogP contribution in [0.2, 0.25) is 0 Å². The first-order chi connectivity index (χ1) is 6.99. The summed E-state index contributed by atoms with van der Waals surface area (Å²) in [5.41, 5.74) is 5.45. The second kappa shape index (κ2) is 4.72. The second-order valence-corrected chi connectivity index (χ2v) is 4.55. The van der Waals surface area contributed by atoms with E-state index >= 15 is 0 Å². The third kappa shape index (κ3) is 3.00. The van der Waals surface area contributed by atoms with Crippen molar-refractivity contribution < 1.29 is 4.74 Å². The van der Waals surface area contributed by atoms with Crippen molar-refractivity contribution in [2.24, 2.45) is 11.1 Å². The zero-order chi connectivity index (χ0) is 11.5. The number of aromatic nitrogens is 3. The molecule has 86 valence electrons. The van der Waals surface area contributed by atoms with Crippen LogP contribution in [0, 0.1) is 5.41 Å². The first-order valence-electron chi connectivity index (χ1n) is 5.22. The number of hydrogen-bond acceptors (Lipinski definition) is 4. The number of hydrogen-bond donors (Lipinski definition) is 2. The fraction of sp³-hybridized carbons (Fsp3) is 0.800. The van der Waals surface area contributed by atoms with E-state index in [1.807, 2.05) is 6.92 Å². The summed E-state index contributed by atoms with van der Waals surface area (Å²) < 4.78 is 5.66. The summed E-state index contributed by atoms with van der Waals surface area (Å²) in [5, 5.41) is 6.93. The molecule has 3 N–H and O–H groups in total. The van der Waals surface area contributed by atoms with Crippen molar-refractivity contribution in [2.75, 3.05) is 6.61 Å². The molecule has 1 aromatic rings. The molecule has 0 fully saturated rings. The molecule has 5 nitrogen and oxygen atoms in total. The van der Waals surface area contributed by atoms with Crippen molar-refractivity contribution in [3.63, 3.8) is 0 Å². The van der Waals surface area contributed by atoms with E-state index in [4.69, 9.17) is 10.5 Å². The monoisotopic (exact) mass is 212 g/mol. The highest BCUT2D eigenvalue weighted by Gasteiger charge is 2.30. The Hall–Kier alpha value is -0.940. The number of ether oxygens (including phenoxy) is 1. The van der Waals surface area contributed by atoms with E-state index in [1.54, 1.807) is 0 Å². The molecule has 0 spiro atoms. The predicted molar refractivity (Wildman–Crippen MR) is 58.1 cm³/mol. The molecule has 0 aliphatic rings. The number of aromatic amines is 1. The molecule has 1 heterocycles. The highest BCUT2D eigenvalue weighted by Crippen LogP contribution is 2.33. The topological polar surface area (TPSA) is 76.8 Å². The number of nitrogens with one attached hydrogen (secondary N) is 1. The minimum Gasteiger partial charge on any atom is -0.370 e. The molecule has 1 atom stereocenters. The summed E-state index contributed by atoms with van der Waals surface area (Å²) in [6, 6.07) is 0. The fourth-order valence-electron chi connectivity index (χ4n) is 1.40. The van der Waals surface area contributed by atoms with E-state index in [9.17, 15) is 0 Å². The lowest BCUT2D eigenvalue weighted by Crippen LogP contribution is -2.22. The van der Waals surface area contributed by atoms with E-state index in [0.29, 0.717) is 24.8 Å². The van der Waals surface area contributed by atoms with Crippen LogP contribution in [-0.4, -0.2) is 21.8 Å². The van der Waals surface area contributed by atoms with Gasteiger partial charge in [0, 0.05) is 6.61 Å². The average Bonchev–Trinajstić information content (AvgIpc) is 2.60. The van der Waals surface area contributed by atoms with Crippen molar-refractivity contribution in [2.45, 2.75) is 40.3 Å². The molecule has 0 aliphatic carbocycles. The lowest BCUT2D eigenvalue weighted by Gasteiger charge is -2.27. The average molecular weight is 212 g/mol. The van der Waals surface area contributed by atoms with Crippen LogP contribution in [0.5, 0.6) is 0 Å². The molecule has 1 unspecified atom stereocenters. The van der Waals surface area contributed by atoms with Crippen LogP contribution in [0.3, 0.4) is 0 Å². The summed E-state index contributed by atoms with van der Waals surface area (Å²) in [6.45, 7) is 9.29. The van der Waals surface area contributed by atoms with Gasteiger partial charge in [0.15, 0.2) is 5.82 Å². The maximum atomic E-state index is 5.66. The Balaban J connectivity index is 2.88. The van der Waals surface area contributed by atoms with E-state index < -0.39 is 0 Å². The van der Waals surface area contributed by atoms with Crippen molar-refractivity contribution in [1.82, 2.24) is 15.2 Å². The fourth-order valence-corrected chi connectivity index (χ4v) is 1.40. The SMILES string of the molecule is CCOC(c1n[nH]c(CN)n1)C(C)(C)C. The highest BCUT2D eigenvalue weighted by atomic mass is 16.5. The van der Waals surface area contributed by atoms with E-state index in [-0.39, 0.29) is 11.5 Å². The Morgan fingerprint density at radius 1 is 1.47 bits per heavy atom. The minimum atomic E-state index is -0.0981. The third-order valence-electron chi connectivity index (χ3n) is 2.10. The molecule has 5 heteroatoms. The summed E-state index contributed by atoms with van der Waals surface area (Å²) in [4.78, 5) is 4.30. The Morgan fingerprint density at radius 3 is 2.53 bits per heavy atom. The number of H-pyrrole nitrogens is 1. The highest BCUT2D eigenvalue weighted by molar-refractivity contribution is 4.98. The molecule has 0 radical (unpaired) electrons. The van der Waals surface area contributed by atoms with Gasteiger partial charge in [-0.1, -0.05) is 20.8 Å². The van der Waals surface area contributed by atoms with Gasteiger partial charge in [-0.2, -0.15) is 5.10 Å². The van der Waals surface area contributed by atoms with Gasteiger partial charge in [0.2, 0.25) is 0 Å². The molecule has 0 aromatic carbocycles. The maximum absolute atomic E-state index is 5.66. The van der Waals surface area contributed by atoms with Crippen LogP contribution in [0.15, 0.2) is 0 Å². The largest absolute Gasteiger partial charge is 0.370 e. The Morgan fingerprint density at radius 2 is 2.13 bits per heavy atom. The summed E-state index contributed by atoms with van der Waals surface area (Å²) in [6.07, 6.45) is -0.0981. The number of rotatable bonds is 4. The maximum Gasteiger partial charge on any atom is 0.179 e. The smallest absolute Gasteiger partial charge is 0.179 e. The summed E-state index contributed by atoms with van der Waals surface area (Å²) in [7, 11) is 0. The Labute approximate surface area is 90.4 Å². The van der Waals surface area contributed by atoms with Gasteiger partial charge in [-0.25, -0.2) is 4.98 Å². The molecule has 0 saturated heterocycles. The van der Waals surface area contributed by atoms with Gasteiger partial charge in [0.25, 0.3) is 0 Å². The van der Waals surface area contributed by atoms with Crippen LogP contribution in [0.25, 0.3) is 0 Å². The summed E-state index contributed by atoms with van der Waals surface area (Å²) >= 11 is 0. The molecule has 0 amide bonds. The molecule has 0 bridgehead atoms. The molecular formula is C10H20N4O. The second-order valence-electron chi connectivity index (χ2n) is 4.55. The first kappa shape index (κ1) is 12.1. The molecular weight excluding hydrogens is 192 g/mol. The van der Waals surface area contributed by atoms with Crippen LogP contribution < -0.4 is 5.73 Å². The van der Waals surface area contributed by atoms with Crippen molar-refractivity contribution in [3.05, 3.63) is 11.6 Å². The molecule has 1 aromatic heterocycles. The van der Waals surface area contributed by atoms with Gasteiger partial charge in [0.05, 0.1) is 6.54 Å². The Kier molecular flexibility index (Phi) is 3.82. The molecule has 0 saturated carbocycles. The van der Waals surface area contributed by atoms with Gasteiger partial charge in [0.1, 0.15) is 11.9 Å². The van der Waals surface area contributed by atoms with Gasteiger partial charge in [-0.3, -0.25) is 5.10 Å². The lowest BCUT2D eigenvalue weighted by atomic mass is 9.88. The van der Waals surface area contributed by atoms with Crippen molar-refractivity contribution in [1.29, 1.82) is 0 Å². The molecule has 1 rings (SSSR count). The van der Waals surface area contributed by atoms with Gasteiger partial charge in [-0.15, -0.1) is 0 Å². The van der Waals surface area contributed by atoms with Gasteiger partial charge < -0.3 is 10.5 Å². The Bertz CT molecular complexity index is 303. The minimum absolute atomic E-state index is 0.0237. The zero-order valence-corrected chi connectivity index (χ0v) is 9.87. The number of nitrogens with zero attached hydrogens (tertiary/aromatic N) is 2. The molecule has 15 heavy (non-hydrogen) atoms. The van der Waals surface area contributed by atoms with Crippen molar-refractivity contribution in [3.8, 4) is 0 Å². The van der Waals surface area contributed by atoms with Crippen molar-refractivity contribution >= 4 is 0 Å². The lowest BCUT2D eigenvalue weighted by molar-refractivity contribution is -0.0189. The predicted octanol–water partition coefficient (Wildman–Crippen LogP) is 1.39. The normalized spacial score (nSPS) is 14.2. The quantitative estimate of drug-likeness (QED) is 0.790. The van der Waals surface area contributed by atoms with Crippen LogP contribution in [0.1, 0.15) is 45.4 Å². The third-order valence-corrected chi connectivity index (χ3v) is 2.10. The van der Waals surface area contributed by atoms with E-state index in [2.05, 4.69) is 36.0 Å². The number of nitrogens with two attached hydrogens (primary N) is 1. The standard InChI is InChI=1S/C10H20N4O/c1-5-15-8(10(2,3)4)9-12-7(6-11)13-14-9/h8H,5-6,11H2,1-4H3,(H,12,13,14). The van der Waals surface area contributed by atoms with E-state index in [1.165, 1.54) is 0 Å². The zero-order valence-electron chi connectivity index (χ0n) is 9.87. The molecule has 0 aliphatic heterocycles. The van der Waals surface area contributed by atoms with Crippen LogP contribution in [-0.2, 0) is 11.3 Å². The van der Waals surface area contributed by atoms with Crippen LogP contribution in [0.4, 0.5) is 0 Å². The van der Waals surface area contributed by atoms with Crippen LogP contribution >= 0.6 is 0 Å². The van der Waals surface area contributed by atoms with Gasteiger partial charge in [-0.05, 0) is 12.3 Å².